The van der Waals surface area contributed by atoms with Crippen LogP contribution in [0.4, 0.5) is 0 Å². The van der Waals surface area contributed by atoms with E-state index in [1.54, 1.807) is 0 Å². The molecule has 0 aliphatic heterocycles. The molecule has 0 radical (unpaired) electrons. The number of unbranched alkanes of at least 4 members (excludes halogenated alkanes) is 1. The van der Waals surface area contributed by atoms with Crippen LogP contribution < -0.4 is 11.5 Å². The lowest BCUT2D eigenvalue weighted by molar-refractivity contribution is 0.459. The first kappa shape index (κ1) is 10.9. The molecule has 1 atom stereocenters. The van der Waals surface area contributed by atoms with Gasteiger partial charge >= 0.3 is 0 Å². The molecule has 0 unspecified atom stereocenters. The van der Waals surface area contributed by atoms with Gasteiger partial charge in [-0.1, -0.05) is 20.3 Å². The fourth-order valence-electron chi connectivity index (χ4n) is 1.27. The van der Waals surface area contributed by atoms with Gasteiger partial charge in [-0.05, 0) is 31.7 Å². The van der Waals surface area contributed by atoms with E-state index in [1.165, 1.54) is 6.42 Å². The van der Waals surface area contributed by atoms with Gasteiger partial charge in [-0.15, -0.1) is 0 Å². The molecular formula is C9H22N2. The van der Waals surface area contributed by atoms with E-state index in [2.05, 4.69) is 13.8 Å². The molecule has 0 saturated heterocycles. The largest absolute Gasteiger partial charge is 0.330 e. The Morgan fingerprint density at radius 2 is 1.82 bits per heavy atom. The van der Waals surface area contributed by atoms with Gasteiger partial charge in [-0.3, -0.25) is 0 Å². The van der Waals surface area contributed by atoms with Gasteiger partial charge in [-0.2, -0.15) is 0 Å². The minimum absolute atomic E-state index is 0.390. The molecule has 0 aromatic rings. The van der Waals surface area contributed by atoms with Crippen molar-refractivity contribution < 1.29 is 0 Å². The average Bonchev–Trinajstić information content (AvgIpc) is 1.86. The summed E-state index contributed by atoms with van der Waals surface area (Å²) in [7, 11) is 0. The fourth-order valence-corrected chi connectivity index (χ4v) is 1.27. The molecule has 2 nitrogen and oxygen atoms in total. The normalized spacial score (nSPS) is 13.9. The van der Waals surface area contributed by atoms with Crippen molar-refractivity contribution in [3.8, 4) is 0 Å². The quantitative estimate of drug-likeness (QED) is 0.575. The van der Waals surface area contributed by atoms with Crippen molar-refractivity contribution in [2.45, 2.75) is 45.6 Å². The molecule has 0 amide bonds. The van der Waals surface area contributed by atoms with Gasteiger partial charge in [0.2, 0.25) is 0 Å². The van der Waals surface area contributed by atoms with Crippen LogP contribution in [0.5, 0.6) is 0 Å². The molecule has 0 fully saturated rings. The van der Waals surface area contributed by atoms with Gasteiger partial charge in [0.05, 0.1) is 0 Å². The van der Waals surface area contributed by atoms with Gasteiger partial charge in [0, 0.05) is 6.04 Å². The Balaban J connectivity index is 3.15. The minimum Gasteiger partial charge on any atom is -0.330 e. The van der Waals surface area contributed by atoms with Crippen molar-refractivity contribution in [1.82, 2.24) is 0 Å². The molecule has 11 heavy (non-hydrogen) atoms. The molecule has 0 saturated carbocycles. The molecule has 2 heteroatoms. The maximum Gasteiger partial charge on any atom is 0.00412 e. The summed E-state index contributed by atoms with van der Waals surface area (Å²) in [5.74, 6) is 0.725. The maximum absolute atomic E-state index is 5.87. The Labute approximate surface area is 70.3 Å². The average molecular weight is 158 g/mol. The van der Waals surface area contributed by atoms with Crippen molar-refractivity contribution in [2.75, 3.05) is 6.54 Å². The second-order valence-corrected chi connectivity index (χ2v) is 3.67. The number of hydrogen-bond acceptors (Lipinski definition) is 2. The van der Waals surface area contributed by atoms with Crippen molar-refractivity contribution >= 4 is 0 Å². The molecular weight excluding hydrogens is 136 g/mol. The van der Waals surface area contributed by atoms with E-state index in [-0.39, 0.29) is 0 Å². The molecule has 0 aliphatic rings. The van der Waals surface area contributed by atoms with Crippen LogP contribution in [-0.4, -0.2) is 12.6 Å². The fraction of sp³-hybridized carbons (Fsp3) is 1.00. The first-order chi connectivity index (χ1) is 5.16. The zero-order valence-electron chi connectivity index (χ0n) is 7.84. The van der Waals surface area contributed by atoms with E-state index in [4.69, 9.17) is 11.5 Å². The van der Waals surface area contributed by atoms with E-state index in [0.717, 1.165) is 31.7 Å². The summed E-state index contributed by atoms with van der Waals surface area (Å²) in [4.78, 5) is 0. The molecule has 0 aliphatic carbocycles. The zero-order chi connectivity index (χ0) is 8.69. The van der Waals surface area contributed by atoms with Gasteiger partial charge < -0.3 is 11.5 Å². The van der Waals surface area contributed by atoms with Gasteiger partial charge in [0.1, 0.15) is 0 Å². The molecule has 4 N–H and O–H groups in total. The number of hydrogen-bond donors (Lipinski definition) is 2. The van der Waals surface area contributed by atoms with E-state index >= 15 is 0 Å². The first-order valence-corrected chi connectivity index (χ1v) is 4.62. The van der Waals surface area contributed by atoms with Crippen LogP contribution >= 0.6 is 0 Å². The van der Waals surface area contributed by atoms with Crippen molar-refractivity contribution in [2.24, 2.45) is 17.4 Å². The summed E-state index contributed by atoms with van der Waals surface area (Å²) < 4.78 is 0. The van der Waals surface area contributed by atoms with Crippen LogP contribution in [0.1, 0.15) is 39.5 Å². The lowest BCUT2D eigenvalue weighted by Crippen LogP contribution is -2.22. The van der Waals surface area contributed by atoms with Crippen LogP contribution in [-0.2, 0) is 0 Å². The highest BCUT2D eigenvalue weighted by Crippen LogP contribution is 2.08. The predicted molar refractivity (Wildman–Crippen MR) is 50.3 cm³/mol. The van der Waals surface area contributed by atoms with Gasteiger partial charge in [0.25, 0.3) is 0 Å². The van der Waals surface area contributed by atoms with E-state index in [0.29, 0.717) is 6.04 Å². The van der Waals surface area contributed by atoms with Crippen LogP contribution in [0.3, 0.4) is 0 Å². The molecule has 68 valence electrons. The molecule has 0 aromatic heterocycles. The highest BCUT2D eigenvalue weighted by molar-refractivity contribution is 4.63. The van der Waals surface area contributed by atoms with Crippen LogP contribution in [0, 0.1) is 5.92 Å². The van der Waals surface area contributed by atoms with Crippen molar-refractivity contribution in [3.63, 3.8) is 0 Å². The third-order valence-electron chi connectivity index (χ3n) is 1.80. The Bertz CT molecular complexity index is 81.6. The summed E-state index contributed by atoms with van der Waals surface area (Å²) in [6.45, 7) is 5.22. The monoisotopic (exact) mass is 158 g/mol. The lowest BCUT2D eigenvalue weighted by Gasteiger charge is -2.12. The summed E-state index contributed by atoms with van der Waals surface area (Å²) in [6.07, 6.45) is 4.58. The predicted octanol–water partition coefficient (Wildman–Crippen LogP) is 1.49. The summed E-state index contributed by atoms with van der Waals surface area (Å²) in [5.41, 5.74) is 11.2. The Morgan fingerprint density at radius 3 is 2.27 bits per heavy atom. The van der Waals surface area contributed by atoms with Crippen molar-refractivity contribution in [3.05, 3.63) is 0 Å². The molecule has 0 bridgehead atoms. The topological polar surface area (TPSA) is 52.0 Å². The molecule has 0 spiro atoms. The lowest BCUT2D eigenvalue weighted by atomic mass is 10.00. The van der Waals surface area contributed by atoms with Crippen LogP contribution in [0.2, 0.25) is 0 Å². The van der Waals surface area contributed by atoms with E-state index < -0.39 is 0 Å². The Kier molecular flexibility index (Phi) is 6.57. The molecule has 0 rings (SSSR count). The van der Waals surface area contributed by atoms with E-state index in [1.807, 2.05) is 0 Å². The van der Waals surface area contributed by atoms with Crippen LogP contribution in [0.15, 0.2) is 0 Å². The minimum atomic E-state index is 0.390. The van der Waals surface area contributed by atoms with Gasteiger partial charge in [0.15, 0.2) is 0 Å². The van der Waals surface area contributed by atoms with Crippen molar-refractivity contribution in [1.29, 1.82) is 0 Å². The Hall–Kier alpha value is -0.0800. The summed E-state index contributed by atoms with van der Waals surface area (Å²) in [5, 5.41) is 0. The zero-order valence-corrected chi connectivity index (χ0v) is 7.84. The highest BCUT2D eigenvalue weighted by Gasteiger charge is 2.03. The SMILES string of the molecule is CC(C)C[C@H](N)CCCCN. The highest BCUT2D eigenvalue weighted by atomic mass is 14.6. The third kappa shape index (κ3) is 7.82. The number of rotatable bonds is 6. The van der Waals surface area contributed by atoms with Crippen LogP contribution in [0.25, 0.3) is 0 Å². The smallest absolute Gasteiger partial charge is 0.00412 e. The van der Waals surface area contributed by atoms with E-state index in [9.17, 15) is 0 Å². The second kappa shape index (κ2) is 6.62. The second-order valence-electron chi connectivity index (χ2n) is 3.67. The standard InChI is InChI=1S/C9H22N2/c1-8(2)7-9(11)5-3-4-6-10/h8-9H,3-7,10-11H2,1-2H3/t9-/m1/s1. The number of nitrogens with two attached hydrogens (primary N) is 2. The Morgan fingerprint density at radius 1 is 1.18 bits per heavy atom. The third-order valence-corrected chi connectivity index (χ3v) is 1.80. The van der Waals surface area contributed by atoms with Gasteiger partial charge in [-0.25, -0.2) is 0 Å². The maximum atomic E-state index is 5.87. The molecule has 0 heterocycles. The summed E-state index contributed by atoms with van der Waals surface area (Å²) in [6, 6.07) is 0.390. The first-order valence-electron chi connectivity index (χ1n) is 4.62. The molecule has 0 aromatic carbocycles. The summed E-state index contributed by atoms with van der Waals surface area (Å²) >= 11 is 0.